The monoisotopic (exact) mass is 309 g/mol. The molecule has 2 aromatic carbocycles. The molecule has 0 saturated heterocycles. The van der Waals surface area contributed by atoms with Gasteiger partial charge >= 0.3 is 0 Å². The predicted molar refractivity (Wildman–Crippen MR) is 84.0 cm³/mol. The first-order valence-electron chi connectivity index (χ1n) is 6.61. The Hall–Kier alpha value is -1.03. The number of nitrogens with one attached hydrogen (secondary N) is 1. The maximum atomic E-state index is 13.1. The third-order valence-electron chi connectivity index (χ3n) is 2.80. The zero-order valence-corrected chi connectivity index (χ0v) is 12.9. The summed E-state index contributed by atoms with van der Waals surface area (Å²) >= 11 is 7.79. The van der Waals surface area contributed by atoms with Crippen molar-refractivity contribution in [3.8, 4) is 0 Å². The minimum absolute atomic E-state index is 0.221. The van der Waals surface area contributed by atoms with Gasteiger partial charge in [-0.05, 0) is 48.9 Å². The van der Waals surface area contributed by atoms with Crippen LogP contribution in [0.4, 0.5) is 4.39 Å². The fourth-order valence-corrected chi connectivity index (χ4v) is 3.02. The van der Waals surface area contributed by atoms with Crippen LogP contribution in [0.15, 0.2) is 52.3 Å². The number of halogens is 2. The van der Waals surface area contributed by atoms with E-state index in [9.17, 15) is 4.39 Å². The molecule has 106 valence electrons. The van der Waals surface area contributed by atoms with Crippen LogP contribution in [0, 0.1) is 5.82 Å². The molecule has 0 saturated carbocycles. The molecule has 1 N–H and O–H groups in total. The highest BCUT2D eigenvalue weighted by Gasteiger charge is 2.04. The average Bonchev–Trinajstić information content (AvgIpc) is 2.41. The summed E-state index contributed by atoms with van der Waals surface area (Å²) in [7, 11) is 0. The van der Waals surface area contributed by atoms with Crippen molar-refractivity contribution in [1.82, 2.24) is 5.32 Å². The Labute approximate surface area is 128 Å². The van der Waals surface area contributed by atoms with Gasteiger partial charge in [-0.2, -0.15) is 0 Å². The van der Waals surface area contributed by atoms with Gasteiger partial charge in [0, 0.05) is 21.4 Å². The van der Waals surface area contributed by atoms with Gasteiger partial charge in [0.05, 0.1) is 0 Å². The topological polar surface area (TPSA) is 12.0 Å². The Morgan fingerprint density at radius 2 is 1.95 bits per heavy atom. The third-order valence-corrected chi connectivity index (χ3v) is 4.13. The van der Waals surface area contributed by atoms with Crippen LogP contribution >= 0.6 is 23.4 Å². The fourth-order valence-electron chi connectivity index (χ4n) is 1.80. The molecule has 0 aromatic heterocycles. The van der Waals surface area contributed by atoms with Gasteiger partial charge in [0.2, 0.25) is 0 Å². The highest BCUT2D eigenvalue weighted by molar-refractivity contribution is 7.99. The molecule has 0 radical (unpaired) electrons. The first-order valence-corrected chi connectivity index (χ1v) is 7.81. The Kier molecular flexibility index (Phi) is 5.89. The molecule has 0 unspecified atom stereocenters. The second kappa shape index (κ2) is 7.67. The van der Waals surface area contributed by atoms with Crippen LogP contribution in [-0.4, -0.2) is 6.54 Å². The van der Waals surface area contributed by atoms with Gasteiger partial charge in [-0.25, -0.2) is 4.39 Å². The summed E-state index contributed by atoms with van der Waals surface area (Å²) in [6.45, 7) is 3.89. The molecule has 2 rings (SSSR count). The predicted octanol–water partition coefficient (Wildman–Crippen LogP) is 5.13. The lowest BCUT2D eigenvalue weighted by Gasteiger charge is -2.08. The molecule has 0 aliphatic heterocycles. The molecular formula is C16H17ClFNS. The molecule has 0 atom stereocenters. The second-order valence-electron chi connectivity index (χ2n) is 4.49. The Bertz CT molecular complexity index is 574. The average molecular weight is 310 g/mol. The maximum Gasteiger partial charge on any atom is 0.124 e. The van der Waals surface area contributed by atoms with Crippen LogP contribution in [-0.2, 0) is 6.54 Å². The van der Waals surface area contributed by atoms with Crippen molar-refractivity contribution in [2.75, 3.05) is 6.54 Å². The van der Waals surface area contributed by atoms with Crippen LogP contribution in [0.2, 0.25) is 5.02 Å². The quantitative estimate of drug-likeness (QED) is 0.742. The number of hydrogen-bond acceptors (Lipinski definition) is 2. The van der Waals surface area contributed by atoms with Crippen LogP contribution in [0.25, 0.3) is 0 Å². The molecule has 1 nitrogen and oxygen atoms in total. The largest absolute Gasteiger partial charge is 0.313 e. The SMILES string of the molecule is CCCNCc1ccc(Sc2cccc(F)c2)cc1Cl. The second-order valence-corrected chi connectivity index (χ2v) is 6.04. The maximum absolute atomic E-state index is 13.1. The molecule has 0 fully saturated rings. The number of benzene rings is 2. The van der Waals surface area contributed by atoms with Gasteiger partial charge in [0.25, 0.3) is 0 Å². The molecule has 2 aromatic rings. The lowest BCUT2D eigenvalue weighted by atomic mass is 10.2. The minimum atomic E-state index is -0.221. The van der Waals surface area contributed by atoms with E-state index in [0.29, 0.717) is 0 Å². The van der Waals surface area contributed by atoms with Gasteiger partial charge in [-0.1, -0.05) is 42.4 Å². The van der Waals surface area contributed by atoms with E-state index in [1.807, 2.05) is 24.3 Å². The van der Waals surface area contributed by atoms with Gasteiger partial charge in [0.15, 0.2) is 0 Å². The fraction of sp³-hybridized carbons (Fsp3) is 0.250. The lowest BCUT2D eigenvalue weighted by Crippen LogP contribution is -2.13. The van der Waals surface area contributed by atoms with E-state index in [1.165, 1.54) is 23.9 Å². The van der Waals surface area contributed by atoms with Crippen LogP contribution in [0.5, 0.6) is 0 Å². The zero-order valence-electron chi connectivity index (χ0n) is 11.3. The summed E-state index contributed by atoms with van der Waals surface area (Å²) in [5.41, 5.74) is 1.09. The van der Waals surface area contributed by atoms with Gasteiger partial charge < -0.3 is 5.32 Å². The van der Waals surface area contributed by atoms with Crippen LogP contribution in [0.1, 0.15) is 18.9 Å². The molecule has 0 amide bonds. The molecule has 0 aliphatic carbocycles. The zero-order chi connectivity index (χ0) is 14.4. The lowest BCUT2D eigenvalue weighted by molar-refractivity contribution is 0.624. The number of rotatable bonds is 6. The van der Waals surface area contributed by atoms with E-state index in [1.54, 1.807) is 6.07 Å². The van der Waals surface area contributed by atoms with E-state index in [4.69, 9.17) is 11.6 Å². The van der Waals surface area contributed by atoms with Crippen molar-refractivity contribution in [3.63, 3.8) is 0 Å². The van der Waals surface area contributed by atoms with E-state index in [2.05, 4.69) is 12.2 Å². The summed E-state index contributed by atoms with van der Waals surface area (Å²) in [4.78, 5) is 1.89. The standard InChI is InChI=1S/C16H17ClFNS/c1-2-8-19-11-12-6-7-15(10-16(12)17)20-14-5-3-4-13(18)9-14/h3-7,9-10,19H,2,8,11H2,1H3. The normalized spacial score (nSPS) is 10.8. The van der Waals surface area contributed by atoms with Crippen molar-refractivity contribution in [2.24, 2.45) is 0 Å². The highest BCUT2D eigenvalue weighted by atomic mass is 35.5. The Morgan fingerprint density at radius 1 is 1.15 bits per heavy atom. The molecular weight excluding hydrogens is 293 g/mol. The van der Waals surface area contributed by atoms with Crippen molar-refractivity contribution >= 4 is 23.4 Å². The Balaban J connectivity index is 2.05. The summed E-state index contributed by atoms with van der Waals surface area (Å²) in [6, 6.07) is 12.5. The Morgan fingerprint density at radius 3 is 2.65 bits per heavy atom. The van der Waals surface area contributed by atoms with Crippen molar-refractivity contribution in [1.29, 1.82) is 0 Å². The summed E-state index contributed by atoms with van der Waals surface area (Å²) < 4.78 is 13.1. The third kappa shape index (κ3) is 4.51. The minimum Gasteiger partial charge on any atom is -0.313 e. The van der Waals surface area contributed by atoms with Gasteiger partial charge in [-0.3, -0.25) is 0 Å². The molecule has 0 heterocycles. The smallest absolute Gasteiger partial charge is 0.124 e. The summed E-state index contributed by atoms with van der Waals surface area (Å²) in [6.07, 6.45) is 1.10. The summed E-state index contributed by atoms with van der Waals surface area (Å²) in [5, 5.41) is 4.07. The molecule has 4 heteroatoms. The first kappa shape index (κ1) is 15.4. The van der Waals surface area contributed by atoms with Crippen molar-refractivity contribution < 1.29 is 4.39 Å². The van der Waals surface area contributed by atoms with E-state index >= 15 is 0 Å². The van der Waals surface area contributed by atoms with Gasteiger partial charge in [-0.15, -0.1) is 0 Å². The molecule has 0 spiro atoms. The molecule has 0 aliphatic rings. The summed E-state index contributed by atoms with van der Waals surface area (Å²) in [5.74, 6) is -0.221. The van der Waals surface area contributed by atoms with Crippen LogP contribution < -0.4 is 5.32 Å². The van der Waals surface area contributed by atoms with Crippen molar-refractivity contribution in [2.45, 2.75) is 29.7 Å². The molecule has 0 bridgehead atoms. The number of hydrogen-bond donors (Lipinski definition) is 1. The van der Waals surface area contributed by atoms with Gasteiger partial charge in [0.1, 0.15) is 5.82 Å². The molecule has 20 heavy (non-hydrogen) atoms. The highest BCUT2D eigenvalue weighted by Crippen LogP contribution is 2.31. The van der Waals surface area contributed by atoms with E-state index in [0.717, 1.165) is 39.9 Å². The van der Waals surface area contributed by atoms with Crippen LogP contribution in [0.3, 0.4) is 0 Å². The van der Waals surface area contributed by atoms with E-state index in [-0.39, 0.29) is 5.82 Å². The first-order chi connectivity index (χ1) is 9.69. The van der Waals surface area contributed by atoms with Crippen molar-refractivity contribution in [3.05, 3.63) is 58.9 Å². The van der Waals surface area contributed by atoms with E-state index < -0.39 is 0 Å².